The molecule has 1 aliphatic heterocycles. The van der Waals surface area contributed by atoms with Crippen LogP contribution >= 0.6 is 11.3 Å². The van der Waals surface area contributed by atoms with Crippen LogP contribution in [0.2, 0.25) is 0 Å². The van der Waals surface area contributed by atoms with Crippen LogP contribution in [0.25, 0.3) is 10.6 Å². The fourth-order valence-electron chi connectivity index (χ4n) is 3.35. The van der Waals surface area contributed by atoms with Gasteiger partial charge in [-0.2, -0.15) is 0 Å². The lowest BCUT2D eigenvalue weighted by molar-refractivity contribution is -0.0230. The molecule has 2 aromatic carbocycles. The molecule has 0 N–H and O–H groups in total. The summed E-state index contributed by atoms with van der Waals surface area (Å²) in [5.41, 5.74) is 2.09. The van der Waals surface area contributed by atoms with E-state index in [4.69, 9.17) is 14.2 Å². The number of nitrogens with zero attached hydrogens (tertiary/aromatic N) is 2. The predicted octanol–water partition coefficient (Wildman–Crippen LogP) is 4.18. The van der Waals surface area contributed by atoms with Gasteiger partial charge in [0.2, 0.25) is 0 Å². The number of methoxy groups -OCH3 is 2. The van der Waals surface area contributed by atoms with Gasteiger partial charge in [-0.3, -0.25) is 4.79 Å². The van der Waals surface area contributed by atoms with E-state index in [1.165, 1.54) is 23.5 Å². The second-order valence-corrected chi connectivity index (χ2v) is 7.63. The molecule has 1 unspecified atom stereocenters. The first kappa shape index (κ1) is 20.3. The average Bonchev–Trinajstić information content (AvgIpc) is 3.29. The summed E-state index contributed by atoms with van der Waals surface area (Å²) in [7, 11) is 3.16. The van der Waals surface area contributed by atoms with Crippen molar-refractivity contribution in [3.05, 3.63) is 64.9 Å². The minimum atomic E-state index is -0.298. The van der Waals surface area contributed by atoms with Crippen LogP contribution in [0.1, 0.15) is 22.2 Å². The minimum absolute atomic E-state index is 0.145. The molecule has 1 fully saturated rings. The Balaban J connectivity index is 1.50. The normalized spacial score (nSPS) is 16.4. The van der Waals surface area contributed by atoms with Crippen LogP contribution < -0.4 is 9.47 Å². The SMILES string of the molecule is COc1ccc(-c2nc(C(=O)N3CCOC(c4ccc(F)cc4)C3)cs2)cc1OC. The van der Waals surface area contributed by atoms with E-state index in [-0.39, 0.29) is 17.8 Å². The number of ether oxygens (including phenoxy) is 3. The quantitative estimate of drug-likeness (QED) is 0.610. The van der Waals surface area contributed by atoms with Crippen molar-refractivity contribution >= 4 is 17.2 Å². The van der Waals surface area contributed by atoms with E-state index >= 15 is 0 Å². The second kappa shape index (κ2) is 8.81. The van der Waals surface area contributed by atoms with Crippen molar-refractivity contribution in [2.75, 3.05) is 33.9 Å². The predicted molar refractivity (Wildman–Crippen MR) is 112 cm³/mol. The highest BCUT2D eigenvalue weighted by Gasteiger charge is 2.27. The molecule has 8 heteroatoms. The van der Waals surface area contributed by atoms with Gasteiger partial charge >= 0.3 is 0 Å². The molecule has 1 aliphatic rings. The van der Waals surface area contributed by atoms with Crippen LogP contribution in [-0.4, -0.2) is 49.7 Å². The summed E-state index contributed by atoms with van der Waals surface area (Å²) >= 11 is 1.40. The van der Waals surface area contributed by atoms with E-state index in [0.29, 0.717) is 36.9 Å². The summed E-state index contributed by atoms with van der Waals surface area (Å²) in [5.74, 6) is 0.795. The first-order valence-corrected chi connectivity index (χ1v) is 10.3. The van der Waals surface area contributed by atoms with Gasteiger partial charge in [0.15, 0.2) is 11.5 Å². The van der Waals surface area contributed by atoms with Gasteiger partial charge in [0, 0.05) is 17.5 Å². The van der Waals surface area contributed by atoms with E-state index in [2.05, 4.69) is 4.98 Å². The van der Waals surface area contributed by atoms with E-state index < -0.39 is 0 Å². The number of benzene rings is 2. The van der Waals surface area contributed by atoms with Gasteiger partial charge in [-0.15, -0.1) is 11.3 Å². The fourth-order valence-corrected chi connectivity index (χ4v) is 4.14. The Morgan fingerprint density at radius 1 is 1.17 bits per heavy atom. The monoisotopic (exact) mass is 428 g/mol. The molecule has 0 bridgehead atoms. The summed E-state index contributed by atoms with van der Waals surface area (Å²) in [6.07, 6.45) is -0.285. The third kappa shape index (κ3) is 4.15. The Morgan fingerprint density at radius 2 is 1.93 bits per heavy atom. The number of rotatable bonds is 5. The maximum atomic E-state index is 13.2. The van der Waals surface area contributed by atoms with Crippen molar-refractivity contribution in [2.45, 2.75) is 6.10 Å². The van der Waals surface area contributed by atoms with E-state index in [1.54, 1.807) is 36.6 Å². The number of aromatic nitrogens is 1. The van der Waals surface area contributed by atoms with Gasteiger partial charge in [-0.1, -0.05) is 12.1 Å². The van der Waals surface area contributed by atoms with Crippen molar-refractivity contribution in [2.24, 2.45) is 0 Å². The number of carbonyl (C=O) groups excluding carboxylic acids is 1. The smallest absolute Gasteiger partial charge is 0.273 e. The molecular weight excluding hydrogens is 407 g/mol. The molecule has 0 radical (unpaired) electrons. The minimum Gasteiger partial charge on any atom is -0.493 e. The standard InChI is InChI=1S/C22H21FN2O4S/c1-27-18-8-5-15(11-19(18)28-2)21-24-17(13-30-21)22(26)25-9-10-29-20(12-25)14-3-6-16(23)7-4-14/h3-8,11,13,20H,9-10,12H2,1-2H3. The van der Waals surface area contributed by atoms with Crippen LogP contribution in [0.4, 0.5) is 4.39 Å². The average molecular weight is 428 g/mol. The maximum Gasteiger partial charge on any atom is 0.273 e. The summed E-state index contributed by atoms with van der Waals surface area (Å²) < 4.78 is 29.6. The second-order valence-electron chi connectivity index (χ2n) is 6.77. The molecule has 2 heterocycles. The van der Waals surface area contributed by atoms with Crippen LogP contribution in [0.15, 0.2) is 47.8 Å². The Bertz CT molecular complexity index is 1040. The van der Waals surface area contributed by atoms with Crippen molar-refractivity contribution in [3.8, 4) is 22.1 Å². The number of carbonyl (C=O) groups is 1. The van der Waals surface area contributed by atoms with Crippen LogP contribution in [0, 0.1) is 5.82 Å². The van der Waals surface area contributed by atoms with Gasteiger partial charge < -0.3 is 19.1 Å². The number of amides is 1. The van der Waals surface area contributed by atoms with E-state index in [9.17, 15) is 9.18 Å². The third-order valence-corrected chi connectivity index (χ3v) is 5.84. The highest BCUT2D eigenvalue weighted by molar-refractivity contribution is 7.13. The van der Waals surface area contributed by atoms with Crippen molar-refractivity contribution < 1.29 is 23.4 Å². The molecular formula is C22H21FN2O4S. The molecule has 30 heavy (non-hydrogen) atoms. The van der Waals surface area contributed by atoms with Gasteiger partial charge in [-0.05, 0) is 35.9 Å². The number of thiazole rings is 1. The molecule has 156 valence electrons. The van der Waals surface area contributed by atoms with Gasteiger partial charge in [0.05, 0.1) is 27.4 Å². The lowest BCUT2D eigenvalue weighted by Crippen LogP contribution is -2.42. The molecule has 0 aliphatic carbocycles. The first-order chi connectivity index (χ1) is 14.6. The Kier molecular flexibility index (Phi) is 5.96. The van der Waals surface area contributed by atoms with Gasteiger partial charge in [0.1, 0.15) is 22.6 Å². The van der Waals surface area contributed by atoms with Gasteiger partial charge in [0.25, 0.3) is 5.91 Å². The van der Waals surface area contributed by atoms with Crippen LogP contribution in [-0.2, 0) is 4.74 Å². The van der Waals surface area contributed by atoms with Crippen LogP contribution in [0.3, 0.4) is 0 Å². The molecule has 4 rings (SSSR count). The van der Waals surface area contributed by atoms with E-state index in [1.807, 2.05) is 18.2 Å². The molecule has 6 nitrogen and oxygen atoms in total. The summed E-state index contributed by atoms with van der Waals surface area (Å²) in [5, 5.41) is 2.49. The molecule has 3 aromatic rings. The molecule has 0 saturated carbocycles. The Morgan fingerprint density at radius 3 is 2.67 bits per heavy atom. The largest absolute Gasteiger partial charge is 0.493 e. The summed E-state index contributed by atoms with van der Waals surface area (Å²) in [4.78, 5) is 19.3. The Labute approximate surface area is 177 Å². The number of halogens is 1. The van der Waals surface area contributed by atoms with E-state index in [0.717, 1.165) is 16.1 Å². The molecule has 1 saturated heterocycles. The van der Waals surface area contributed by atoms with Crippen molar-refractivity contribution in [1.29, 1.82) is 0 Å². The lowest BCUT2D eigenvalue weighted by Gasteiger charge is -2.32. The van der Waals surface area contributed by atoms with Crippen LogP contribution in [0.5, 0.6) is 11.5 Å². The zero-order chi connectivity index (χ0) is 21.1. The van der Waals surface area contributed by atoms with Crippen molar-refractivity contribution in [1.82, 2.24) is 9.88 Å². The molecule has 1 amide bonds. The summed E-state index contributed by atoms with van der Waals surface area (Å²) in [6, 6.07) is 11.7. The zero-order valence-electron chi connectivity index (χ0n) is 16.6. The third-order valence-electron chi connectivity index (χ3n) is 4.95. The maximum absolute atomic E-state index is 13.2. The molecule has 0 spiro atoms. The van der Waals surface area contributed by atoms with Gasteiger partial charge in [-0.25, -0.2) is 9.37 Å². The zero-order valence-corrected chi connectivity index (χ0v) is 17.4. The highest BCUT2D eigenvalue weighted by atomic mass is 32.1. The molecule has 1 aromatic heterocycles. The first-order valence-electron chi connectivity index (χ1n) is 9.43. The molecule has 1 atom stereocenters. The van der Waals surface area contributed by atoms with Crippen molar-refractivity contribution in [3.63, 3.8) is 0 Å². The number of hydrogen-bond acceptors (Lipinski definition) is 6. The summed E-state index contributed by atoms with van der Waals surface area (Å²) in [6.45, 7) is 1.30. The Hall–Kier alpha value is -2.97. The lowest BCUT2D eigenvalue weighted by atomic mass is 10.1. The topological polar surface area (TPSA) is 60.9 Å². The number of morpholine rings is 1. The number of hydrogen-bond donors (Lipinski definition) is 0. The fraction of sp³-hybridized carbons (Fsp3) is 0.273. The highest BCUT2D eigenvalue weighted by Crippen LogP contribution is 2.34.